The van der Waals surface area contributed by atoms with E-state index in [4.69, 9.17) is 9.84 Å². The number of ether oxygens (including phenoxy) is 1. The van der Waals surface area contributed by atoms with Crippen LogP contribution in [-0.4, -0.2) is 46.8 Å². The summed E-state index contributed by atoms with van der Waals surface area (Å²) in [6, 6.07) is 4.85. The molecule has 0 saturated carbocycles. The third kappa shape index (κ3) is 2.94. The van der Waals surface area contributed by atoms with Crippen molar-refractivity contribution in [2.75, 3.05) is 20.3 Å². The van der Waals surface area contributed by atoms with E-state index in [1.807, 2.05) is 0 Å². The van der Waals surface area contributed by atoms with Crippen molar-refractivity contribution in [3.8, 4) is 0 Å². The summed E-state index contributed by atoms with van der Waals surface area (Å²) in [6.45, 7) is 0.963. The number of hydrogen-bond acceptors (Lipinski definition) is 4. The Morgan fingerprint density at radius 2 is 2.25 bits per heavy atom. The van der Waals surface area contributed by atoms with Crippen LogP contribution in [0.2, 0.25) is 0 Å². The third-order valence-corrected chi connectivity index (χ3v) is 2.82. The minimum Gasteiger partial charge on any atom is -0.478 e. The van der Waals surface area contributed by atoms with Crippen LogP contribution in [0.5, 0.6) is 0 Å². The maximum Gasteiger partial charge on any atom is 0.337 e. The Bertz CT molecular complexity index is 636. The van der Waals surface area contributed by atoms with Crippen LogP contribution in [0.1, 0.15) is 10.4 Å². The summed E-state index contributed by atoms with van der Waals surface area (Å²) in [4.78, 5) is 26.9. The second kappa shape index (κ2) is 6.16. The number of aromatic carboxylic acids is 1. The molecule has 7 nitrogen and oxygen atoms in total. The van der Waals surface area contributed by atoms with E-state index in [1.165, 1.54) is 12.4 Å². The number of carboxylic acids is 1. The van der Waals surface area contributed by atoms with Crippen LogP contribution in [0.15, 0.2) is 24.5 Å². The van der Waals surface area contributed by atoms with Crippen LogP contribution in [0, 0.1) is 0 Å². The number of amides is 1. The second-order valence-corrected chi connectivity index (χ2v) is 4.19. The van der Waals surface area contributed by atoms with E-state index in [9.17, 15) is 9.59 Å². The molecule has 1 heterocycles. The predicted octanol–water partition coefficient (Wildman–Crippen LogP) is 0.497. The fourth-order valence-electron chi connectivity index (χ4n) is 1.89. The summed E-state index contributed by atoms with van der Waals surface area (Å²) in [5, 5.41) is 11.8. The van der Waals surface area contributed by atoms with Gasteiger partial charge in [-0.05, 0) is 12.1 Å². The molecule has 0 spiro atoms. The fourth-order valence-corrected chi connectivity index (χ4v) is 1.89. The molecular formula is C13H15N3O4. The molecule has 1 aromatic carbocycles. The number of nitrogens with zero attached hydrogens (tertiary/aromatic N) is 2. The Hall–Kier alpha value is -2.41. The van der Waals surface area contributed by atoms with Gasteiger partial charge in [0.2, 0.25) is 5.91 Å². The van der Waals surface area contributed by atoms with Gasteiger partial charge in [-0.25, -0.2) is 9.78 Å². The minimum atomic E-state index is -1.04. The van der Waals surface area contributed by atoms with Crippen LogP contribution < -0.4 is 5.32 Å². The number of carbonyl (C=O) groups excluding carboxylic acids is 1. The standard InChI is InChI=1S/C13H15N3O4/c1-20-6-5-14-11(17)7-16-8-15-12-9(13(18)19)3-2-4-10(12)16/h2-4,8H,5-7H2,1H3,(H,14,17)(H,18,19). The van der Waals surface area contributed by atoms with Crippen molar-refractivity contribution in [3.05, 3.63) is 30.1 Å². The zero-order valence-corrected chi connectivity index (χ0v) is 11.0. The number of hydrogen-bond donors (Lipinski definition) is 2. The lowest BCUT2D eigenvalue weighted by molar-refractivity contribution is -0.121. The molecule has 0 radical (unpaired) electrons. The van der Waals surface area contributed by atoms with Gasteiger partial charge in [-0.2, -0.15) is 0 Å². The number of nitrogens with one attached hydrogen (secondary N) is 1. The summed E-state index contributed by atoms with van der Waals surface area (Å²) < 4.78 is 6.46. The molecule has 1 amide bonds. The van der Waals surface area contributed by atoms with E-state index in [0.29, 0.717) is 24.2 Å². The molecule has 0 aliphatic rings. The largest absolute Gasteiger partial charge is 0.478 e. The van der Waals surface area contributed by atoms with E-state index in [1.54, 1.807) is 23.8 Å². The number of imidazole rings is 1. The van der Waals surface area contributed by atoms with Crippen LogP contribution in [-0.2, 0) is 16.1 Å². The number of fused-ring (bicyclic) bond motifs is 1. The lowest BCUT2D eigenvalue weighted by Crippen LogP contribution is -2.30. The molecule has 0 fully saturated rings. The lowest BCUT2D eigenvalue weighted by Gasteiger charge is -2.06. The Kier molecular flexibility index (Phi) is 4.31. The SMILES string of the molecule is COCCNC(=O)Cn1cnc2c(C(=O)O)cccc21. The van der Waals surface area contributed by atoms with Crippen LogP contribution >= 0.6 is 0 Å². The van der Waals surface area contributed by atoms with Gasteiger partial charge in [-0.15, -0.1) is 0 Å². The molecule has 0 bridgehead atoms. The molecule has 106 valence electrons. The maximum atomic E-state index is 11.7. The molecule has 0 aliphatic heterocycles. The number of methoxy groups -OCH3 is 1. The first-order chi connectivity index (χ1) is 9.63. The molecule has 0 unspecified atom stereocenters. The predicted molar refractivity (Wildman–Crippen MR) is 71.6 cm³/mol. The lowest BCUT2D eigenvalue weighted by atomic mass is 10.2. The van der Waals surface area contributed by atoms with Gasteiger partial charge in [0, 0.05) is 13.7 Å². The number of rotatable bonds is 6. The highest BCUT2D eigenvalue weighted by molar-refractivity contribution is 6.01. The normalized spacial score (nSPS) is 10.7. The van der Waals surface area contributed by atoms with Gasteiger partial charge in [0.05, 0.1) is 24.0 Å². The first kappa shape index (κ1) is 14.0. The second-order valence-electron chi connectivity index (χ2n) is 4.19. The first-order valence-electron chi connectivity index (χ1n) is 6.06. The molecule has 20 heavy (non-hydrogen) atoms. The number of carbonyl (C=O) groups is 2. The molecule has 1 aromatic heterocycles. The first-order valence-corrected chi connectivity index (χ1v) is 6.06. The van der Waals surface area contributed by atoms with Crippen molar-refractivity contribution in [2.24, 2.45) is 0 Å². The highest BCUT2D eigenvalue weighted by Crippen LogP contribution is 2.17. The Morgan fingerprint density at radius 3 is 2.95 bits per heavy atom. The van der Waals surface area contributed by atoms with E-state index in [0.717, 1.165) is 0 Å². The van der Waals surface area contributed by atoms with E-state index in [2.05, 4.69) is 10.3 Å². The van der Waals surface area contributed by atoms with Crippen molar-refractivity contribution in [3.63, 3.8) is 0 Å². The van der Waals surface area contributed by atoms with E-state index in [-0.39, 0.29) is 18.0 Å². The van der Waals surface area contributed by atoms with Gasteiger partial charge < -0.3 is 19.7 Å². The average Bonchev–Trinajstić information content (AvgIpc) is 2.82. The summed E-state index contributed by atoms with van der Waals surface area (Å²) in [7, 11) is 1.56. The summed E-state index contributed by atoms with van der Waals surface area (Å²) >= 11 is 0. The van der Waals surface area contributed by atoms with Crippen molar-refractivity contribution < 1.29 is 19.4 Å². The van der Waals surface area contributed by atoms with Gasteiger partial charge in [-0.1, -0.05) is 6.07 Å². The molecular weight excluding hydrogens is 262 g/mol. The van der Waals surface area contributed by atoms with Gasteiger partial charge in [0.15, 0.2) is 0 Å². The van der Waals surface area contributed by atoms with Gasteiger partial charge in [0.1, 0.15) is 12.1 Å². The van der Waals surface area contributed by atoms with Gasteiger partial charge in [0.25, 0.3) is 0 Å². The van der Waals surface area contributed by atoms with Crippen LogP contribution in [0.25, 0.3) is 11.0 Å². The smallest absolute Gasteiger partial charge is 0.337 e. The van der Waals surface area contributed by atoms with Gasteiger partial charge >= 0.3 is 5.97 Å². The molecule has 2 rings (SSSR count). The third-order valence-electron chi connectivity index (χ3n) is 2.82. The van der Waals surface area contributed by atoms with E-state index >= 15 is 0 Å². The topological polar surface area (TPSA) is 93.5 Å². The van der Waals surface area contributed by atoms with Crippen molar-refractivity contribution in [1.82, 2.24) is 14.9 Å². The average molecular weight is 277 g/mol. The van der Waals surface area contributed by atoms with Crippen molar-refractivity contribution in [1.29, 1.82) is 0 Å². The van der Waals surface area contributed by atoms with Gasteiger partial charge in [-0.3, -0.25) is 4.79 Å². The minimum absolute atomic E-state index is 0.0866. The Morgan fingerprint density at radius 1 is 1.45 bits per heavy atom. The number of carboxylic acid groups (broad SMARTS) is 1. The van der Waals surface area contributed by atoms with Crippen LogP contribution in [0.4, 0.5) is 0 Å². The molecule has 2 N–H and O–H groups in total. The van der Waals surface area contributed by atoms with Crippen molar-refractivity contribution >= 4 is 22.9 Å². The highest BCUT2D eigenvalue weighted by Gasteiger charge is 2.13. The molecule has 0 aliphatic carbocycles. The number of benzene rings is 1. The zero-order chi connectivity index (χ0) is 14.5. The Balaban J connectivity index is 2.17. The molecule has 0 atom stereocenters. The summed E-state index contributed by atoms with van der Waals surface area (Å²) in [6.07, 6.45) is 1.47. The monoisotopic (exact) mass is 277 g/mol. The Labute approximate surface area is 115 Å². The fraction of sp³-hybridized carbons (Fsp3) is 0.308. The number of para-hydroxylation sites is 1. The number of aromatic nitrogens is 2. The molecule has 7 heteroatoms. The molecule has 2 aromatic rings. The quantitative estimate of drug-likeness (QED) is 0.750. The summed E-state index contributed by atoms with van der Waals surface area (Å²) in [5.41, 5.74) is 1.12. The zero-order valence-electron chi connectivity index (χ0n) is 11.0. The maximum absolute atomic E-state index is 11.7. The van der Waals surface area contributed by atoms with E-state index < -0.39 is 5.97 Å². The van der Waals surface area contributed by atoms with Crippen molar-refractivity contribution in [2.45, 2.75) is 6.54 Å². The van der Waals surface area contributed by atoms with Crippen LogP contribution in [0.3, 0.4) is 0 Å². The highest BCUT2D eigenvalue weighted by atomic mass is 16.5. The molecule has 0 saturated heterocycles. The summed E-state index contributed by atoms with van der Waals surface area (Å²) in [5.74, 6) is -1.22.